The Morgan fingerprint density at radius 1 is 1.33 bits per heavy atom. The van der Waals surface area contributed by atoms with Gasteiger partial charge in [0, 0.05) is 23.7 Å². The van der Waals surface area contributed by atoms with Crippen molar-refractivity contribution >= 4 is 5.82 Å². The summed E-state index contributed by atoms with van der Waals surface area (Å²) >= 11 is 0. The molecule has 2 aromatic rings. The number of nitrogen functional groups attached to an aromatic ring is 1. The topological polar surface area (TPSA) is 82.3 Å². The van der Waals surface area contributed by atoms with E-state index in [-0.39, 0.29) is 6.10 Å². The standard InChI is InChI=1S/C15H18N4O2/c1-8-4-14(19-16)18-15(17-8)11-7-12-10(5-9(2)21-12)6-13(11)20-3/h4,6-7,9H,5,16H2,1-3H3,(H,17,18,19). The van der Waals surface area contributed by atoms with E-state index in [1.54, 1.807) is 13.2 Å². The molecule has 1 aliphatic heterocycles. The molecule has 0 saturated heterocycles. The summed E-state index contributed by atoms with van der Waals surface area (Å²) in [7, 11) is 1.64. The molecule has 3 N–H and O–H groups in total. The van der Waals surface area contributed by atoms with E-state index < -0.39 is 0 Å². The second kappa shape index (κ2) is 5.21. The number of hydrazine groups is 1. The minimum Gasteiger partial charge on any atom is -0.496 e. The maximum atomic E-state index is 5.80. The molecule has 1 aromatic heterocycles. The molecule has 1 aromatic carbocycles. The number of anilines is 1. The molecule has 3 rings (SSSR count). The summed E-state index contributed by atoms with van der Waals surface area (Å²) in [5, 5.41) is 0. The summed E-state index contributed by atoms with van der Waals surface area (Å²) in [6.45, 7) is 3.94. The lowest BCUT2D eigenvalue weighted by molar-refractivity contribution is 0.254. The number of fused-ring (bicyclic) bond motifs is 1. The first kappa shape index (κ1) is 13.6. The average molecular weight is 286 g/mol. The molecular weight excluding hydrogens is 268 g/mol. The van der Waals surface area contributed by atoms with Crippen LogP contribution < -0.4 is 20.7 Å². The summed E-state index contributed by atoms with van der Waals surface area (Å²) in [5.41, 5.74) is 5.32. The minimum atomic E-state index is 0.180. The van der Waals surface area contributed by atoms with E-state index in [2.05, 4.69) is 15.4 Å². The Balaban J connectivity index is 2.14. The first-order valence-electron chi connectivity index (χ1n) is 6.81. The van der Waals surface area contributed by atoms with Crippen LogP contribution in [-0.4, -0.2) is 23.2 Å². The molecule has 110 valence electrons. The van der Waals surface area contributed by atoms with Gasteiger partial charge in [0.15, 0.2) is 5.82 Å². The summed E-state index contributed by atoms with van der Waals surface area (Å²) < 4.78 is 11.3. The first-order chi connectivity index (χ1) is 10.1. The van der Waals surface area contributed by atoms with Gasteiger partial charge in [-0.05, 0) is 26.0 Å². The number of aryl methyl sites for hydroxylation is 1. The Morgan fingerprint density at radius 2 is 2.14 bits per heavy atom. The van der Waals surface area contributed by atoms with Crippen LogP contribution >= 0.6 is 0 Å². The van der Waals surface area contributed by atoms with E-state index in [1.165, 1.54) is 0 Å². The van der Waals surface area contributed by atoms with Crippen LogP contribution in [0.25, 0.3) is 11.4 Å². The van der Waals surface area contributed by atoms with Gasteiger partial charge in [0.1, 0.15) is 23.4 Å². The SMILES string of the molecule is COc1cc2c(cc1-c1nc(C)cc(NN)n1)OC(C)C2. The third kappa shape index (κ3) is 2.50. The summed E-state index contributed by atoms with van der Waals surface area (Å²) in [5.74, 6) is 8.18. The molecule has 0 spiro atoms. The number of aromatic nitrogens is 2. The van der Waals surface area contributed by atoms with Gasteiger partial charge in [-0.25, -0.2) is 15.8 Å². The number of rotatable bonds is 3. The van der Waals surface area contributed by atoms with E-state index in [1.807, 2.05) is 26.0 Å². The van der Waals surface area contributed by atoms with Crippen molar-refractivity contribution in [3.05, 3.63) is 29.5 Å². The van der Waals surface area contributed by atoms with Crippen LogP contribution in [-0.2, 0) is 6.42 Å². The highest BCUT2D eigenvalue weighted by molar-refractivity contribution is 5.69. The Hall–Kier alpha value is -2.34. The summed E-state index contributed by atoms with van der Waals surface area (Å²) in [6, 6.07) is 5.71. The number of nitrogens with two attached hydrogens (primary N) is 1. The quantitative estimate of drug-likeness (QED) is 0.664. The van der Waals surface area contributed by atoms with Gasteiger partial charge in [-0.2, -0.15) is 0 Å². The van der Waals surface area contributed by atoms with Gasteiger partial charge in [0.25, 0.3) is 0 Å². The highest BCUT2D eigenvalue weighted by Gasteiger charge is 2.23. The predicted molar refractivity (Wildman–Crippen MR) is 80.4 cm³/mol. The molecule has 6 nitrogen and oxygen atoms in total. The third-order valence-corrected chi connectivity index (χ3v) is 3.46. The Morgan fingerprint density at radius 3 is 2.86 bits per heavy atom. The fourth-order valence-corrected chi connectivity index (χ4v) is 2.55. The van der Waals surface area contributed by atoms with Crippen LogP contribution in [0.2, 0.25) is 0 Å². The van der Waals surface area contributed by atoms with Crippen molar-refractivity contribution in [3.63, 3.8) is 0 Å². The van der Waals surface area contributed by atoms with Crippen LogP contribution in [0.15, 0.2) is 18.2 Å². The molecule has 6 heteroatoms. The summed E-state index contributed by atoms with van der Waals surface area (Å²) in [6.07, 6.45) is 1.07. The van der Waals surface area contributed by atoms with E-state index in [9.17, 15) is 0 Å². The third-order valence-electron chi connectivity index (χ3n) is 3.46. The number of benzene rings is 1. The zero-order valence-corrected chi connectivity index (χ0v) is 12.3. The van der Waals surface area contributed by atoms with Crippen molar-refractivity contribution in [2.45, 2.75) is 26.4 Å². The van der Waals surface area contributed by atoms with Gasteiger partial charge in [-0.3, -0.25) is 0 Å². The Labute approximate surface area is 123 Å². The van der Waals surface area contributed by atoms with Crippen molar-refractivity contribution in [3.8, 4) is 22.9 Å². The second-order valence-corrected chi connectivity index (χ2v) is 5.16. The molecule has 1 atom stereocenters. The van der Waals surface area contributed by atoms with E-state index >= 15 is 0 Å². The molecule has 1 aliphatic rings. The van der Waals surface area contributed by atoms with Gasteiger partial charge < -0.3 is 14.9 Å². The van der Waals surface area contributed by atoms with Gasteiger partial charge in [-0.15, -0.1) is 0 Å². The van der Waals surface area contributed by atoms with Crippen LogP contribution in [0, 0.1) is 6.92 Å². The van der Waals surface area contributed by atoms with Crippen LogP contribution in [0.1, 0.15) is 18.2 Å². The average Bonchev–Trinajstić information content (AvgIpc) is 2.84. The smallest absolute Gasteiger partial charge is 0.165 e. The molecule has 0 radical (unpaired) electrons. The Bertz CT molecular complexity index is 688. The molecule has 0 amide bonds. The van der Waals surface area contributed by atoms with Crippen LogP contribution in [0.4, 0.5) is 5.82 Å². The van der Waals surface area contributed by atoms with Crippen LogP contribution in [0.3, 0.4) is 0 Å². The van der Waals surface area contributed by atoms with Crippen molar-refractivity contribution in [1.82, 2.24) is 9.97 Å². The zero-order valence-electron chi connectivity index (χ0n) is 12.3. The van der Waals surface area contributed by atoms with Crippen molar-refractivity contribution in [2.75, 3.05) is 12.5 Å². The number of nitrogens with zero attached hydrogens (tertiary/aromatic N) is 2. The van der Waals surface area contributed by atoms with E-state index in [0.29, 0.717) is 11.6 Å². The molecule has 0 fully saturated rings. The lowest BCUT2D eigenvalue weighted by atomic mass is 10.1. The molecule has 0 bridgehead atoms. The number of hydrogen-bond donors (Lipinski definition) is 2. The van der Waals surface area contributed by atoms with Gasteiger partial charge in [0.05, 0.1) is 12.7 Å². The predicted octanol–water partition coefficient (Wildman–Crippen LogP) is 2.07. The molecular formula is C15H18N4O2. The number of methoxy groups -OCH3 is 1. The molecule has 2 heterocycles. The monoisotopic (exact) mass is 286 g/mol. The number of ether oxygens (including phenoxy) is 2. The van der Waals surface area contributed by atoms with Gasteiger partial charge in [-0.1, -0.05) is 0 Å². The van der Waals surface area contributed by atoms with E-state index in [4.69, 9.17) is 15.3 Å². The van der Waals surface area contributed by atoms with E-state index in [0.717, 1.165) is 34.7 Å². The Kier molecular flexibility index (Phi) is 3.39. The number of hydrogen-bond acceptors (Lipinski definition) is 6. The van der Waals surface area contributed by atoms with Crippen molar-refractivity contribution in [2.24, 2.45) is 5.84 Å². The fraction of sp³-hybridized carbons (Fsp3) is 0.333. The zero-order chi connectivity index (χ0) is 15.0. The van der Waals surface area contributed by atoms with Gasteiger partial charge >= 0.3 is 0 Å². The van der Waals surface area contributed by atoms with Crippen LogP contribution in [0.5, 0.6) is 11.5 Å². The molecule has 0 aliphatic carbocycles. The second-order valence-electron chi connectivity index (χ2n) is 5.16. The minimum absolute atomic E-state index is 0.180. The van der Waals surface area contributed by atoms with Crippen molar-refractivity contribution < 1.29 is 9.47 Å². The lowest BCUT2D eigenvalue weighted by Gasteiger charge is -2.11. The fourth-order valence-electron chi connectivity index (χ4n) is 2.55. The largest absolute Gasteiger partial charge is 0.496 e. The maximum absolute atomic E-state index is 5.80. The summed E-state index contributed by atoms with van der Waals surface area (Å²) in [4.78, 5) is 8.86. The highest BCUT2D eigenvalue weighted by Crippen LogP contribution is 2.39. The molecule has 21 heavy (non-hydrogen) atoms. The molecule has 0 saturated carbocycles. The van der Waals surface area contributed by atoms with Gasteiger partial charge in [0.2, 0.25) is 0 Å². The van der Waals surface area contributed by atoms with Crippen molar-refractivity contribution in [1.29, 1.82) is 0 Å². The lowest BCUT2D eigenvalue weighted by Crippen LogP contribution is -2.10. The number of nitrogens with one attached hydrogen (secondary N) is 1. The maximum Gasteiger partial charge on any atom is 0.165 e. The first-order valence-corrected chi connectivity index (χ1v) is 6.81. The molecule has 1 unspecified atom stereocenters. The highest BCUT2D eigenvalue weighted by atomic mass is 16.5. The normalized spacial score (nSPS) is 16.3.